The van der Waals surface area contributed by atoms with Crippen LogP contribution < -0.4 is 0 Å². The van der Waals surface area contributed by atoms with Gasteiger partial charge in [-0.1, -0.05) is 23.8 Å². The molecule has 5 nitrogen and oxygen atoms in total. The molecule has 3 aromatic rings. The molecule has 0 aliphatic carbocycles. The van der Waals surface area contributed by atoms with Gasteiger partial charge in [-0.05, 0) is 37.3 Å². The molecule has 0 saturated carbocycles. The molecule has 0 radical (unpaired) electrons. The van der Waals surface area contributed by atoms with Crippen LogP contribution in [0.3, 0.4) is 0 Å². The van der Waals surface area contributed by atoms with Gasteiger partial charge in [-0.15, -0.1) is 0 Å². The van der Waals surface area contributed by atoms with E-state index < -0.39 is 0 Å². The van der Waals surface area contributed by atoms with E-state index in [-0.39, 0.29) is 17.6 Å². The molecule has 1 aliphatic rings. The molecule has 2 amide bonds. The molecular formula is C23H22FN3O2. The van der Waals surface area contributed by atoms with E-state index in [9.17, 15) is 14.0 Å². The van der Waals surface area contributed by atoms with Crippen LogP contribution in [0.25, 0.3) is 22.2 Å². The van der Waals surface area contributed by atoms with E-state index in [0.29, 0.717) is 48.5 Å². The smallest absolute Gasteiger partial charge is 0.254 e. The highest BCUT2D eigenvalue weighted by atomic mass is 19.1. The van der Waals surface area contributed by atoms with Crippen molar-refractivity contribution in [2.45, 2.75) is 13.8 Å². The molecule has 0 spiro atoms. The van der Waals surface area contributed by atoms with E-state index in [1.54, 1.807) is 34.1 Å². The SMILES string of the molecule is CC(=O)N1CCN(C(=O)c2cc(-c3ccccc3F)nc3ccc(C)cc23)CC1. The van der Waals surface area contributed by atoms with Gasteiger partial charge in [0.15, 0.2) is 0 Å². The fourth-order valence-electron chi connectivity index (χ4n) is 3.72. The van der Waals surface area contributed by atoms with Crippen molar-refractivity contribution in [1.29, 1.82) is 0 Å². The van der Waals surface area contributed by atoms with E-state index in [2.05, 4.69) is 4.98 Å². The standard InChI is InChI=1S/C23H22FN3O2/c1-15-7-8-21-18(13-15)19(14-22(25-21)17-5-3-4-6-20(17)24)23(29)27-11-9-26(10-12-27)16(2)28/h3-8,13-14H,9-12H2,1-2H3. The number of hydrogen-bond donors (Lipinski definition) is 0. The Morgan fingerprint density at radius 1 is 0.966 bits per heavy atom. The highest BCUT2D eigenvalue weighted by molar-refractivity contribution is 6.07. The Hall–Kier alpha value is -3.28. The van der Waals surface area contributed by atoms with Gasteiger partial charge in [0.2, 0.25) is 5.91 Å². The lowest BCUT2D eigenvalue weighted by Gasteiger charge is -2.34. The highest BCUT2D eigenvalue weighted by Crippen LogP contribution is 2.28. The third kappa shape index (κ3) is 3.70. The van der Waals surface area contributed by atoms with E-state index >= 15 is 0 Å². The Kier molecular flexibility index (Phi) is 5.01. The number of carbonyl (C=O) groups is 2. The highest BCUT2D eigenvalue weighted by Gasteiger charge is 2.25. The molecule has 0 atom stereocenters. The maximum Gasteiger partial charge on any atom is 0.254 e. The lowest BCUT2D eigenvalue weighted by Crippen LogP contribution is -2.50. The molecule has 0 N–H and O–H groups in total. The molecule has 29 heavy (non-hydrogen) atoms. The van der Waals surface area contributed by atoms with Crippen molar-refractivity contribution in [3.8, 4) is 11.3 Å². The Labute approximate surface area is 168 Å². The normalized spacial score (nSPS) is 14.3. The number of halogens is 1. The summed E-state index contributed by atoms with van der Waals surface area (Å²) in [5.74, 6) is -0.479. The van der Waals surface area contributed by atoms with Gasteiger partial charge in [0.25, 0.3) is 5.91 Å². The first-order valence-electron chi connectivity index (χ1n) is 9.65. The summed E-state index contributed by atoms with van der Waals surface area (Å²) in [6, 6.07) is 13.8. The van der Waals surface area contributed by atoms with E-state index in [4.69, 9.17) is 0 Å². The quantitative estimate of drug-likeness (QED) is 0.670. The third-order valence-electron chi connectivity index (χ3n) is 5.36. The largest absolute Gasteiger partial charge is 0.339 e. The minimum atomic E-state index is -0.375. The monoisotopic (exact) mass is 391 g/mol. The van der Waals surface area contributed by atoms with Gasteiger partial charge in [0, 0.05) is 44.1 Å². The van der Waals surface area contributed by atoms with Gasteiger partial charge in [-0.3, -0.25) is 9.59 Å². The fraction of sp³-hybridized carbons (Fsp3) is 0.261. The number of amides is 2. The summed E-state index contributed by atoms with van der Waals surface area (Å²) in [7, 11) is 0. The van der Waals surface area contributed by atoms with Crippen molar-refractivity contribution in [1.82, 2.24) is 14.8 Å². The van der Waals surface area contributed by atoms with Crippen LogP contribution in [0.15, 0.2) is 48.5 Å². The van der Waals surface area contributed by atoms with Crippen LogP contribution in [0, 0.1) is 12.7 Å². The number of carbonyl (C=O) groups excluding carboxylic acids is 2. The van der Waals surface area contributed by atoms with E-state index in [0.717, 1.165) is 10.9 Å². The zero-order valence-corrected chi connectivity index (χ0v) is 16.5. The second-order valence-electron chi connectivity index (χ2n) is 7.35. The number of aryl methyl sites for hydroxylation is 1. The number of pyridine rings is 1. The number of rotatable bonds is 2. The van der Waals surface area contributed by atoms with Crippen molar-refractivity contribution >= 4 is 22.7 Å². The Morgan fingerprint density at radius 3 is 2.34 bits per heavy atom. The van der Waals surface area contributed by atoms with Crippen molar-refractivity contribution in [3.05, 3.63) is 65.5 Å². The predicted octanol–water partition coefficient (Wildman–Crippen LogP) is 3.65. The van der Waals surface area contributed by atoms with Gasteiger partial charge in [-0.25, -0.2) is 9.37 Å². The first-order chi connectivity index (χ1) is 13.9. The lowest BCUT2D eigenvalue weighted by atomic mass is 10.0. The van der Waals surface area contributed by atoms with E-state index in [1.807, 2.05) is 25.1 Å². The maximum absolute atomic E-state index is 14.4. The molecule has 0 unspecified atom stereocenters. The van der Waals surface area contributed by atoms with Gasteiger partial charge < -0.3 is 9.80 Å². The van der Waals surface area contributed by atoms with Crippen LogP contribution in [0.2, 0.25) is 0 Å². The van der Waals surface area contributed by atoms with Crippen LogP contribution in [0.5, 0.6) is 0 Å². The second kappa shape index (κ2) is 7.62. The molecule has 4 rings (SSSR count). The molecule has 1 aliphatic heterocycles. The second-order valence-corrected chi connectivity index (χ2v) is 7.35. The number of fused-ring (bicyclic) bond motifs is 1. The van der Waals surface area contributed by atoms with Crippen molar-refractivity contribution in [2.24, 2.45) is 0 Å². The van der Waals surface area contributed by atoms with Gasteiger partial charge >= 0.3 is 0 Å². The minimum absolute atomic E-state index is 0.0175. The van der Waals surface area contributed by atoms with Gasteiger partial charge in [0.1, 0.15) is 5.82 Å². The third-order valence-corrected chi connectivity index (χ3v) is 5.36. The van der Waals surface area contributed by atoms with Crippen LogP contribution in [-0.2, 0) is 4.79 Å². The van der Waals surface area contributed by atoms with E-state index in [1.165, 1.54) is 13.0 Å². The molecule has 2 aromatic carbocycles. The lowest BCUT2D eigenvalue weighted by molar-refractivity contribution is -0.130. The molecular weight excluding hydrogens is 369 g/mol. The molecule has 148 valence electrons. The summed E-state index contributed by atoms with van der Waals surface area (Å²) in [6.07, 6.45) is 0. The predicted molar refractivity (Wildman–Crippen MR) is 110 cm³/mol. The number of benzene rings is 2. The average molecular weight is 391 g/mol. The molecule has 0 bridgehead atoms. The van der Waals surface area contributed by atoms with Crippen LogP contribution in [0.1, 0.15) is 22.8 Å². The van der Waals surface area contributed by atoms with Crippen molar-refractivity contribution in [3.63, 3.8) is 0 Å². The van der Waals surface area contributed by atoms with Crippen LogP contribution >= 0.6 is 0 Å². The van der Waals surface area contributed by atoms with Crippen LogP contribution in [0.4, 0.5) is 4.39 Å². The zero-order chi connectivity index (χ0) is 20.5. The number of piperazine rings is 1. The van der Waals surface area contributed by atoms with Crippen molar-refractivity contribution in [2.75, 3.05) is 26.2 Å². The molecule has 6 heteroatoms. The first kappa shape index (κ1) is 19.1. The summed E-state index contributed by atoms with van der Waals surface area (Å²) in [6.45, 7) is 5.49. The van der Waals surface area contributed by atoms with Crippen LogP contribution in [-0.4, -0.2) is 52.8 Å². The fourth-order valence-corrected chi connectivity index (χ4v) is 3.72. The molecule has 1 aromatic heterocycles. The summed E-state index contributed by atoms with van der Waals surface area (Å²) < 4.78 is 14.4. The summed E-state index contributed by atoms with van der Waals surface area (Å²) in [5, 5.41) is 0.754. The first-order valence-corrected chi connectivity index (χ1v) is 9.65. The summed E-state index contributed by atoms with van der Waals surface area (Å²) >= 11 is 0. The van der Waals surface area contributed by atoms with Crippen molar-refractivity contribution < 1.29 is 14.0 Å². The average Bonchev–Trinajstić information content (AvgIpc) is 2.73. The summed E-state index contributed by atoms with van der Waals surface area (Å²) in [5.41, 5.74) is 2.99. The number of hydrogen-bond acceptors (Lipinski definition) is 3. The molecule has 1 saturated heterocycles. The van der Waals surface area contributed by atoms with Gasteiger partial charge in [-0.2, -0.15) is 0 Å². The number of nitrogens with zero attached hydrogens (tertiary/aromatic N) is 3. The Balaban J connectivity index is 1.78. The summed E-state index contributed by atoms with van der Waals surface area (Å²) in [4.78, 5) is 33.0. The molecule has 1 fully saturated rings. The topological polar surface area (TPSA) is 53.5 Å². The number of aromatic nitrogens is 1. The minimum Gasteiger partial charge on any atom is -0.339 e. The van der Waals surface area contributed by atoms with Gasteiger partial charge in [0.05, 0.1) is 16.8 Å². The maximum atomic E-state index is 14.4. The Morgan fingerprint density at radius 2 is 1.66 bits per heavy atom. The zero-order valence-electron chi connectivity index (χ0n) is 16.5. The Bertz CT molecular complexity index is 1100. The molecule has 2 heterocycles.